The third-order valence-electron chi connectivity index (χ3n) is 3.32. The van der Waals surface area contributed by atoms with Crippen molar-refractivity contribution in [1.82, 2.24) is 9.71 Å². The fourth-order valence-electron chi connectivity index (χ4n) is 2.21. The zero-order valence-electron chi connectivity index (χ0n) is 12.1. The molecule has 2 aromatic rings. The van der Waals surface area contributed by atoms with Crippen LogP contribution in [0, 0.1) is 0 Å². The van der Waals surface area contributed by atoms with Gasteiger partial charge in [0, 0.05) is 24.9 Å². The second-order valence-corrected chi connectivity index (χ2v) is 6.64. The second-order valence-electron chi connectivity index (χ2n) is 4.96. The molecule has 0 radical (unpaired) electrons. The number of rotatable bonds is 4. The van der Waals surface area contributed by atoms with Crippen molar-refractivity contribution in [2.45, 2.75) is 11.3 Å². The van der Waals surface area contributed by atoms with Crippen LogP contribution in [-0.4, -0.2) is 25.9 Å². The Labute approximate surface area is 133 Å². The summed E-state index contributed by atoms with van der Waals surface area (Å²) in [7, 11) is -3.91. The minimum Gasteiger partial charge on any atom is -0.493 e. The number of aromatic nitrogens is 1. The van der Waals surface area contributed by atoms with Crippen LogP contribution in [0.3, 0.4) is 0 Å². The molecule has 1 aliphatic rings. The highest BCUT2D eigenvalue weighted by molar-refractivity contribution is 7.90. The van der Waals surface area contributed by atoms with Crippen molar-refractivity contribution in [2.24, 2.45) is 0 Å². The average Bonchev–Trinajstić information content (AvgIpc) is 3.01. The van der Waals surface area contributed by atoms with Gasteiger partial charge in [-0.15, -0.1) is 0 Å². The third kappa shape index (κ3) is 3.57. The molecule has 3 rings (SSSR count). The molecule has 23 heavy (non-hydrogen) atoms. The normalized spacial score (nSPS) is 13.6. The van der Waals surface area contributed by atoms with E-state index in [1.807, 2.05) is 22.9 Å². The molecule has 1 N–H and O–H groups in total. The van der Waals surface area contributed by atoms with Crippen molar-refractivity contribution in [2.75, 3.05) is 6.61 Å². The molecule has 0 atom stereocenters. The van der Waals surface area contributed by atoms with Crippen molar-refractivity contribution in [3.8, 4) is 5.75 Å². The lowest BCUT2D eigenvalue weighted by Gasteiger charge is -2.04. The Morgan fingerprint density at radius 1 is 1.30 bits per heavy atom. The summed E-state index contributed by atoms with van der Waals surface area (Å²) in [5.41, 5.74) is 1.89. The Kier molecular flexibility index (Phi) is 4.12. The topological polar surface area (TPSA) is 85.4 Å². The maximum absolute atomic E-state index is 12.0. The first-order valence-corrected chi connectivity index (χ1v) is 8.43. The van der Waals surface area contributed by atoms with Crippen molar-refractivity contribution in [3.63, 3.8) is 0 Å². The number of benzene rings is 1. The van der Waals surface area contributed by atoms with Crippen LogP contribution in [-0.2, 0) is 21.2 Å². The summed E-state index contributed by atoms with van der Waals surface area (Å²) < 4.78 is 31.4. The van der Waals surface area contributed by atoms with Crippen molar-refractivity contribution in [1.29, 1.82) is 0 Å². The summed E-state index contributed by atoms with van der Waals surface area (Å²) in [6.45, 7) is 0.659. The molecule has 1 aromatic carbocycles. The summed E-state index contributed by atoms with van der Waals surface area (Å²) in [5, 5.41) is 0. The van der Waals surface area contributed by atoms with Crippen LogP contribution in [0.25, 0.3) is 6.08 Å². The van der Waals surface area contributed by atoms with Crippen LogP contribution < -0.4 is 9.46 Å². The van der Waals surface area contributed by atoms with Crippen LogP contribution in [0.15, 0.2) is 53.7 Å². The highest BCUT2D eigenvalue weighted by Crippen LogP contribution is 2.26. The van der Waals surface area contributed by atoms with E-state index in [-0.39, 0.29) is 4.90 Å². The molecular formula is C16H14N2O4S. The van der Waals surface area contributed by atoms with E-state index < -0.39 is 15.9 Å². The Bertz CT molecular complexity index is 861. The van der Waals surface area contributed by atoms with Crippen LogP contribution in [0.4, 0.5) is 0 Å². The molecule has 1 aromatic heterocycles. The predicted octanol–water partition coefficient (Wildman–Crippen LogP) is 1.53. The fourth-order valence-corrected chi connectivity index (χ4v) is 3.12. The number of hydrogen-bond donors (Lipinski definition) is 1. The molecule has 0 unspecified atom stereocenters. The van der Waals surface area contributed by atoms with E-state index in [4.69, 9.17) is 4.74 Å². The molecule has 118 valence electrons. The van der Waals surface area contributed by atoms with Gasteiger partial charge in [0.2, 0.25) is 0 Å². The average molecular weight is 330 g/mol. The van der Waals surface area contributed by atoms with Gasteiger partial charge >= 0.3 is 0 Å². The van der Waals surface area contributed by atoms with Gasteiger partial charge in [-0.25, -0.2) is 13.1 Å². The number of pyridine rings is 1. The zero-order chi connectivity index (χ0) is 16.3. The molecular weight excluding hydrogens is 316 g/mol. The van der Waals surface area contributed by atoms with E-state index in [1.54, 1.807) is 6.08 Å². The van der Waals surface area contributed by atoms with Gasteiger partial charge in [-0.1, -0.05) is 6.07 Å². The lowest BCUT2D eigenvalue weighted by Crippen LogP contribution is -2.29. The number of carbonyl (C=O) groups excluding carboxylic acids is 1. The van der Waals surface area contributed by atoms with Gasteiger partial charge in [0.1, 0.15) is 10.6 Å². The van der Waals surface area contributed by atoms with Crippen LogP contribution in [0.2, 0.25) is 0 Å². The second kappa shape index (κ2) is 6.21. The number of nitrogens with zero attached hydrogens (tertiary/aromatic N) is 1. The molecule has 0 spiro atoms. The zero-order valence-corrected chi connectivity index (χ0v) is 12.9. The first-order chi connectivity index (χ1) is 11.0. The number of nitrogens with one attached hydrogen (secondary N) is 1. The summed E-state index contributed by atoms with van der Waals surface area (Å²) in [6.07, 6.45) is 6.22. The van der Waals surface area contributed by atoms with Gasteiger partial charge in [-0.2, -0.15) is 0 Å². The van der Waals surface area contributed by atoms with Gasteiger partial charge in [-0.3, -0.25) is 9.78 Å². The van der Waals surface area contributed by atoms with E-state index in [9.17, 15) is 13.2 Å². The smallest absolute Gasteiger partial charge is 0.265 e. The molecule has 0 bridgehead atoms. The number of amides is 1. The summed E-state index contributed by atoms with van der Waals surface area (Å²) >= 11 is 0. The monoisotopic (exact) mass is 330 g/mol. The van der Waals surface area contributed by atoms with Crippen LogP contribution >= 0.6 is 0 Å². The number of hydrogen-bond acceptors (Lipinski definition) is 5. The first kappa shape index (κ1) is 15.2. The number of carbonyl (C=O) groups is 1. The van der Waals surface area contributed by atoms with Gasteiger partial charge in [0.15, 0.2) is 0 Å². The SMILES string of the molecule is O=C(C=Cc1ccc2c(c1)CCO2)NS(=O)(=O)c1cccnc1. The third-order valence-corrected chi connectivity index (χ3v) is 4.65. The van der Waals surface area contributed by atoms with E-state index in [0.717, 1.165) is 23.3 Å². The lowest BCUT2D eigenvalue weighted by atomic mass is 10.1. The van der Waals surface area contributed by atoms with Gasteiger partial charge in [0.25, 0.3) is 15.9 Å². The van der Waals surface area contributed by atoms with Crippen molar-refractivity contribution >= 4 is 22.0 Å². The molecule has 6 nitrogen and oxygen atoms in total. The van der Waals surface area contributed by atoms with Crippen LogP contribution in [0.1, 0.15) is 11.1 Å². The van der Waals surface area contributed by atoms with Gasteiger partial charge in [-0.05, 0) is 41.5 Å². The summed E-state index contributed by atoms with van der Waals surface area (Å²) in [6, 6.07) is 8.42. The molecule has 0 saturated heterocycles. The Balaban J connectivity index is 1.70. The van der Waals surface area contributed by atoms with Gasteiger partial charge < -0.3 is 4.74 Å². The van der Waals surface area contributed by atoms with Gasteiger partial charge in [0.05, 0.1) is 6.61 Å². The molecule has 1 aliphatic heterocycles. The molecule has 1 amide bonds. The minimum absolute atomic E-state index is 0.0589. The van der Waals surface area contributed by atoms with Crippen LogP contribution in [0.5, 0.6) is 5.75 Å². The summed E-state index contributed by atoms with van der Waals surface area (Å²) in [5.74, 6) is 0.136. The molecule has 0 aliphatic carbocycles. The standard InChI is InChI=1S/C16H14N2O4S/c19-16(18-23(20,21)14-2-1-8-17-11-14)6-4-12-3-5-15-13(10-12)7-9-22-15/h1-6,8,10-11H,7,9H2,(H,18,19). The maximum Gasteiger partial charge on any atom is 0.265 e. The molecule has 0 saturated carbocycles. The van der Waals surface area contributed by atoms with E-state index >= 15 is 0 Å². The summed E-state index contributed by atoms with van der Waals surface area (Å²) in [4.78, 5) is 15.5. The predicted molar refractivity (Wildman–Crippen MR) is 84.2 cm³/mol. The first-order valence-electron chi connectivity index (χ1n) is 6.95. The maximum atomic E-state index is 12.0. The van der Waals surface area contributed by atoms with E-state index in [1.165, 1.54) is 30.6 Å². The Morgan fingerprint density at radius 3 is 2.96 bits per heavy atom. The Morgan fingerprint density at radius 2 is 2.17 bits per heavy atom. The van der Waals surface area contributed by atoms with E-state index in [2.05, 4.69) is 4.98 Å². The minimum atomic E-state index is -3.91. The fraction of sp³-hybridized carbons (Fsp3) is 0.125. The van der Waals surface area contributed by atoms with Crippen molar-refractivity contribution < 1.29 is 17.9 Å². The quantitative estimate of drug-likeness (QED) is 0.860. The molecule has 2 heterocycles. The van der Waals surface area contributed by atoms with E-state index in [0.29, 0.717) is 6.61 Å². The van der Waals surface area contributed by atoms with Crippen molar-refractivity contribution in [3.05, 3.63) is 59.9 Å². The molecule has 0 fully saturated rings. The lowest BCUT2D eigenvalue weighted by molar-refractivity contribution is -0.114. The number of ether oxygens (including phenoxy) is 1. The number of fused-ring (bicyclic) bond motifs is 1. The highest BCUT2D eigenvalue weighted by Gasteiger charge is 2.16. The Hall–Kier alpha value is -2.67. The number of sulfonamides is 1. The molecule has 7 heteroatoms. The highest BCUT2D eigenvalue weighted by atomic mass is 32.2. The largest absolute Gasteiger partial charge is 0.493 e.